The van der Waals surface area contributed by atoms with Gasteiger partial charge in [-0.25, -0.2) is 0 Å². The summed E-state index contributed by atoms with van der Waals surface area (Å²) in [6.07, 6.45) is 1.41. The summed E-state index contributed by atoms with van der Waals surface area (Å²) in [7, 11) is 1.68. The number of ether oxygens (including phenoxy) is 2. The minimum Gasteiger partial charge on any atom is -0.497 e. The van der Waals surface area contributed by atoms with Crippen LogP contribution < -0.4 is 10.1 Å². The molecular formula is C16H27NO2. The summed E-state index contributed by atoms with van der Waals surface area (Å²) in [5, 5.41) is 3.43. The topological polar surface area (TPSA) is 30.5 Å². The van der Waals surface area contributed by atoms with Crippen LogP contribution in [0.25, 0.3) is 0 Å². The first kappa shape index (κ1) is 16.0. The Hall–Kier alpha value is -1.06. The monoisotopic (exact) mass is 265 g/mol. The van der Waals surface area contributed by atoms with E-state index < -0.39 is 0 Å². The molecule has 0 amide bonds. The van der Waals surface area contributed by atoms with Gasteiger partial charge in [-0.15, -0.1) is 0 Å². The molecule has 0 aliphatic heterocycles. The third-order valence-corrected chi connectivity index (χ3v) is 3.14. The van der Waals surface area contributed by atoms with E-state index in [9.17, 15) is 0 Å². The lowest BCUT2D eigenvalue weighted by molar-refractivity contribution is 0.0115. The summed E-state index contributed by atoms with van der Waals surface area (Å²) in [5.74, 6) is 1.40. The molecule has 1 aromatic carbocycles. The van der Waals surface area contributed by atoms with E-state index in [2.05, 4.69) is 38.2 Å². The predicted molar refractivity (Wildman–Crippen MR) is 79.6 cm³/mol. The van der Waals surface area contributed by atoms with Gasteiger partial charge in [0, 0.05) is 6.54 Å². The van der Waals surface area contributed by atoms with Gasteiger partial charge in [0.1, 0.15) is 5.75 Å². The van der Waals surface area contributed by atoms with Crippen molar-refractivity contribution >= 4 is 0 Å². The lowest BCUT2D eigenvalue weighted by Gasteiger charge is -2.22. The van der Waals surface area contributed by atoms with E-state index in [1.165, 1.54) is 5.56 Å². The van der Waals surface area contributed by atoms with Crippen LogP contribution in [-0.4, -0.2) is 26.3 Å². The quantitative estimate of drug-likeness (QED) is 0.695. The minimum absolute atomic E-state index is 0.258. The zero-order valence-electron chi connectivity index (χ0n) is 12.6. The van der Waals surface area contributed by atoms with Crippen molar-refractivity contribution in [3.63, 3.8) is 0 Å². The minimum atomic E-state index is 0.258. The molecule has 1 aromatic rings. The van der Waals surface area contributed by atoms with Gasteiger partial charge in [0.05, 0.1) is 19.8 Å². The smallest absolute Gasteiger partial charge is 0.118 e. The fraction of sp³-hybridized carbons (Fsp3) is 0.625. The lowest BCUT2D eigenvalue weighted by atomic mass is 10.1. The van der Waals surface area contributed by atoms with E-state index >= 15 is 0 Å². The Morgan fingerprint density at radius 1 is 1.16 bits per heavy atom. The molecule has 1 unspecified atom stereocenters. The van der Waals surface area contributed by atoms with Crippen molar-refractivity contribution in [2.45, 2.75) is 39.9 Å². The predicted octanol–water partition coefficient (Wildman–Crippen LogP) is 3.24. The fourth-order valence-corrected chi connectivity index (χ4v) is 1.83. The highest BCUT2D eigenvalue weighted by Crippen LogP contribution is 2.14. The fourth-order valence-electron chi connectivity index (χ4n) is 1.83. The number of rotatable bonds is 9. The van der Waals surface area contributed by atoms with Gasteiger partial charge in [-0.3, -0.25) is 0 Å². The molecule has 0 aliphatic rings. The zero-order chi connectivity index (χ0) is 14.1. The highest BCUT2D eigenvalue weighted by molar-refractivity contribution is 5.26. The molecule has 108 valence electrons. The molecule has 3 nitrogen and oxygen atoms in total. The maximum absolute atomic E-state index is 6.01. The molecular weight excluding hydrogens is 238 g/mol. The van der Waals surface area contributed by atoms with Gasteiger partial charge in [0.25, 0.3) is 0 Å². The zero-order valence-corrected chi connectivity index (χ0v) is 12.6. The first-order valence-electron chi connectivity index (χ1n) is 7.12. The number of benzene rings is 1. The van der Waals surface area contributed by atoms with E-state index in [4.69, 9.17) is 9.47 Å². The summed E-state index contributed by atoms with van der Waals surface area (Å²) in [4.78, 5) is 0. The summed E-state index contributed by atoms with van der Waals surface area (Å²) >= 11 is 0. The van der Waals surface area contributed by atoms with Crippen LogP contribution in [0.15, 0.2) is 24.3 Å². The number of nitrogens with one attached hydrogen (secondary N) is 1. The molecule has 0 saturated heterocycles. The van der Waals surface area contributed by atoms with Gasteiger partial charge in [-0.2, -0.15) is 0 Å². The van der Waals surface area contributed by atoms with Crippen LogP contribution in [0.2, 0.25) is 0 Å². The molecule has 0 aromatic heterocycles. The normalized spacial score (nSPS) is 12.7. The average molecular weight is 265 g/mol. The summed E-state index contributed by atoms with van der Waals surface area (Å²) in [5.41, 5.74) is 1.18. The van der Waals surface area contributed by atoms with Gasteiger partial charge in [0.2, 0.25) is 0 Å². The highest BCUT2D eigenvalue weighted by atomic mass is 16.5. The molecule has 0 fully saturated rings. The Bertz CT molecular complexity index is 335. The number of hydrogen-bond donors (Lipinski definition) is 1. The van der Waals surface area contributed by atoms with Crippen molar-refractivity contribution in [1.82, 2.24) is 5.32 Å². The van der Waals surface area contributed by atoms with Crippen LogP contribution in [0, 0.1) is 5.92 Å². The summed E-state index contributed by atoms with van der Waals surface area (Å²) in [6, 6.07) is 8.04. The SMILES string of the molecule is CCCNCC(OCc1ccc(OC)cc1)C(C)C. The maximum atomic E-state index is 6.01. The van der Waals surface area contributed by atoms with E-state index in [0.717, 1.165) is 25.3 Å². The largest absolute Gasteiger partial charge is 0.497 e. The van der Waals surface area contributed by atoms with Crippen LogP contribution in [0.4, 0.5) is 0 Å². The molecule has 0 aliphatic carbocycles. The summed E-state index contributed by atoms with van der Waals surface area (Å²) in [6.45, 7) is 9.20. The Balaban J connectivity index is 2.41. The molecule has 0 bridgehead atoms. The lowest BCUT2D eigenvalue weighted by Crippen LogP contribution is -2.33. The second-order valence-electron chi connectivity index (χ2n) is 5.15. The van der Waals surface area contributed by atoms with Gasteiger partial charge in [-0.05, 0) is 36.6 Å². The van der Waals surface area contributed by atoms with Crippen molar-refractivity contribution in [3.8, 4) is 5.75 Å². The maximum Gasteiger partial charge on any atom is 0.118 e. The van der Waals surface area contributed by atoms with Gasteiger partial charge in [-0.1, -0.05) is 32.9 Å². The highest BCUT2D eigenvalue weighted by Gasteiger charge is 2.13. The Labute approximate surface area is 117 Å². The molecule has 19 heavy (non-hydrogen) atoms. The van der Waals surface area contributed by atoms with Gasteiger partial charge < -0.3 is 14.8 Å². The number of methoxy groups -OCH3 is 1. The van der Waals surface area contributed by atoms with Crippen LogP contribution in [0.1, 0.15) is 32.8 Å². The van der Waals surface area contributed by atoms with E-state index in [0.29, 0.717) is 12.5 Å². The molecule has 0 radical (unpaired) electrons. The molecule has 1 atom stereocenters. The van der Waals surface area contributed by atoms with Crippen LogP contribution in [0.5, 0.6) is 5.75 Å². The molecule has 1 rings (SSSR count). The molecule has 3 heteroatoms. The third kappa shape index (κ3) is 6.08. The Morgan fingerprint density at radius 3 is 2.37 bits per heavy atom. The van der Waals surface area contributed by atoms with E-state index in [1.807, 2.05) is 12.1 Å². The first-order chi connectivity index (χ1) is 9.17. The van der Waals surface area contributed by atoms with Crippen LogP contribution in [0.3, 0.4) is 0 Å². The Kier molecular flexibility index (Phi) is 7.53. The van der Waals surface area contributed by atoms with Crippen molar-refractivity contribution in [2.75, 3.05) is 20.2 Å². The molecule has 0 heterocycles. The van der Waals surface area contributed by atoms with Crippen LogP contribution in [-0.2, 0) is 11.3 Å². The van der Waals surface area contributed by atoms with Crippen molar-refractivity contribution in [1.29, 1.82) is 0 Å². The average Bonchev–Trinajstić information content (AvgIpc) is 2.43. The van der Waals surface area contributed by atoms with Crippen molar-refractivity contribution in [2.24, 2.45) is 5.92 Å². The first-order valence-corrected chi connectivity index (χ1v) is 7.12. The van der Waals surface area contributed by atoms with E-state index in [-0.39, 0.29) is 6.10 Å². The third-order valence-electron chi connectivity index (χ3n) is 3.14. The van der Waals surface area contributed by atoms with Crippen LogP contribution >= 0.6 is 0 Å². The van der Waals surface area contributed by atoms with Crippen molar-refractivity contribution < 1.29 is 9.47 Å². The molecule has 0 saturated carbocycles. The second-order valence-corrected chi connectivity index (χ2v) is 5.15. The standard InChI is InChI=1S/C16H27NO2/c1-5-10-17-11-16(13(2)3)19-12-14-6-8-15(18-4)9-7-14/h6-9,13,16-17H,5,10-12H2,1-4H3. The van der Waals surface area contributed by atoms with Gasteiger partial charge >= 0.3 is 0 Å². The molecule has 0 spiro atoms. The number of hydrogen-bond acceptors (Lipinski definition) is 3. The van der Waals surface area contributed by atoms with Crippen molar-refractivity contribution in [3.05, 3.63) is 29.8 Å². The van der Waals surface area contributed by atoms with Gasteiger partial charge in [0.15, 0.2) is 0 Å². The van der Waals surface area contributed by atoms with E-state index in [1.54, 1.807) is 7.11 Å². The molecule has 1 N–H and O–H groups in total. The summed E-state index contributed by atoms with van der Waals surface area (Å²) < 4.78 is 11.2. The second kappa shape index (κ2) is 8.94. The Morgan fingerprint density at radius 2 is 1.84 bits per heavy atom.